The van der Waals surface area contributed by atoms with Crippen LogP contribution in [-0.2, 0) is 6.67 Å². The Hall–Kier alpha value is -1.17. The smallest absolute Gasteiger partial charge is 0.217 e. The lowest BCUT2D eigenvalue weighted by Crippen LogP contribution is -2.34. The second kappa shape index (κ2) is 6.30. The fraction of sp³-hybridized carbons (Fsp3) is 0.467. The van der Waals surface area contributed by atoms with Crippen LogP contribution in [0, 0.1) is 10.7 Å². The summed E-state index contributed by atoms with van der Waals surface area (Å²) in [6.07, 6.45) is 2.51. The zero-order valence-corrected chi connectivity index (χ0v) is 13.6. The molecule has 3 rings (SSSR count). The minimum atomic E-state index is 0.596. The van der Waals surface area contributed by atoms with Gasteiger partial charge in [0.05, 0.1) is 6.67 Å². The first-order valence-electron chi connectivity index (χ1n) is 7.27. The van der Waals surface area contributed by atoms with Gasteiger partial charge < -0.3 is 0 Å². The molecule has 1 aromatic carbocycles. The van der Waals surface area contributed by atoms with Crippen molar-refractivity contribution < 1.29 is 0 Å². The third-order valence-electron chi connectivity index (χ3n) is 4.01. The maximum Gasteiger partial charge on any atom is 0.217 e. The number of aromatic amines is 1. The van der Waals surface area contributed by atoms with Crippen LogP contribution in [0.5, 0.6) is 0 Å². The number of rotatable bonds is 3. The molecule has 0 spiro atoms. The SMILES string of the molecule is CC1CCN(Cn2[nH]c(-c3ccc(Cl)cc3)nc2=S)CC1. The van der Waals surface area contributed by atoms with Gasteiger partial charge >= 0.3 is 0 Å². The van der Waals surface area contributed by atoms with Gasteiger partial charge in [-0.05, 0) is 55.2 Å². The van der Waals surface area contributed by atoms with Gasteiger partial charge in [0.25, 0.3) is 0 Å². The van der Waals surface area contributed by atoms with E-state index in [1.807, 2.05) is 28.9 Å². The summed E-state index contributed by atoms with van der Waals surface area (Å²) in [6.45, 7) is 5.35. The fourth-order valence-corrected chi connectivity index (χ4v) is 2.91. The van der Waals surface area contributed by atoms with Crippen molar-refractivity contribution in [2.75, 3.05) is 13.1 Å². The minimum absolute atomic E-state index is 0.596. The maximum atomic E-state index is 5.91. The standard InChI is InChI=1S/C15H19ClN4S/c1-11-6-8-19(9-7-11)10-20-15(21)17-14(18-20)12-2-4-13(16)5-3-12/h2-5,11H,6-10H2,1H3,(H,17,18,21). The van der Waals surface area contributed by atoms with Crippen molar-refractivity contribution in [3.63, 3.8) is 0 Å². The Labute approximate surface area is 134 Å². The van der Waals surface area contributed by atoms with Crippen molar-refractivity contribution in [3.8, 4) is 11.4 Å². The molecule has 1 aliphatic rings. The number of halogens is 1. The maximum absolute atomic E-state index is 5.91. The van der Waals surface area contributed by atoms with Crippen molar-refractivity contribution in [3.05, 3.63) is 34.1 Å². The van der Waals surface area contributed by atoms with Gasteiger partial charge in [-0.25, -0.2) is 4.68 Å². The molecule has 1 saturated heterocycles. The van der Waals surface area contributed by atoms with E-state index in [9.17, 15) is 0 Å². The van der Waals surface area contributed by atoms with E-state index in [0.717, 1.165) is 42.1 Å². The largest absolute Gasteiger partial charge is 0.284 e. The average Bonchev–Trinajstić information content (AvgIpc) is 2.83. The monoisotopic (exact) mass is 322 g/mol. The van der Waals surface area contributed by atoms with Gasteiger partial charge in [0.2, 0.25) is 4.77 Å². The lowest BCUT2D eigenvalue weighted by molar-refractivity contribution is 0.146. The van der Waals surface area contributed by atoms with Crippen LogP contribution >= 0.6 is 23.8 Å². The molecule has 2 heterocycles. The number of hydrogen-bond donors (Lipinski definition) is 1. The highest BCUT2D eigenvalue weighted by molar-refractivity contribution is 7.71. The lowest BCUT2D eigenvalue weighted by atomic mass is 10.00. The highest BCUT2D eigenvalue weighted by atomic mass is 35.5. The molecule has 0 saturated carbocycles. The first-order valence-corrected chi connectivity index (χ1v) is 8.05. The van der Waals surface area contributed by atoms with Crippen LogP contribution in [-0.4, -0.2) is 32.8 Å². The van der Waals surface area contributed by atoms with Crippen LogP contribution in [0.2, 0.25) is 5.02 Å². The van der Waals surface area contributed by atoms with Crippen LogP contribution in [0.25, 0.3) is 11.4 Å². The van der Waals surface area contributed by atoms with E-state index < -0.39 is 0 Å². The molecule has 1 fully saturated rings. The number of nitrogens with zero attached hydrogens (tertiary/aromatic N) is 3. The summed E-state index contributed by atoms with van der Waals surface area (Å²) < 4.78 is 2.54. The predicted octanol–water partition coefficient (Wildman–Crippen LogP) is 3.95. The summed E-state index contributed by atoms with van der Waals surface area (Å²) in [4.78, 5) is 6.86. The molecule has 2 aromatic rings. The van der Waals surface area contributed by atoms with Gasteiger partial charge in [-0.3, -0.25) is 10.00 Å². The summed E-state index contributed by atoms with van der Waals surface area (Å²) >= 11 is 11.3. The number of piperidine rings is 1. The van der Waals surface area contributed by atoms with Gasteiger partial charge in [0, 0.05) is 23.7 Å². The molecule has 1 aliphatic heterocycles. The van der Waals surface area contributed by atoms with Gasteiger partial charge in [0.15, 0.2) is 5.82 Å². The molecule has 112 valence electrons. The molecule has 0 amide bonds. The molecule has 1 N–H and O–H groups in total. The molecule has 0 bridgehead atoms. The summed E-state index contributed by atoms with van der Waals surface area (Å²) in [6, 6.07) is 7.61. The van der Waals surface area contributed by atoms with E-state index in [0.29, 0.717) is 4.77 Å². The molecule has 6 heteroatoms. The van der Waals surface area contributed by atoms with E-state index in [1.165, 1.54) is 12.8 Å². The first-order chi connectivity index (χ1) is 10.1. The number of likely N-dealkylation sites (tertiary alicyclic amines) is 1. The van der Waals surface area contributed by atoms with Crippen LogP contribution in [0.3, 0.4) is 0 Å². The van der Waals surface area contributed by atoms with Gasteiger partial charge in [-0.2, -0.15) is 4.98 Å². The van der Waals surface area contributed by atoms with E-state index in [-0.39, 0.29) is 0 Å². The quantitative estimate of drug-likeness (QED) is 0.869. The van der Waals surface area contributed by atoms with E-state index >= 15 is 0 Å². The van der Waals surface area contributed by atoms with Gasteiger partial charge in [0.1, 0.15) is 0 Å². The topological polar surface area (TPSA) is 36.9 Å². The summed E-state index contributed by atoms with van der Waals surface area (Å²) in [7, 11) is 0. The van der Waals surface area contributed by atoms with E-state index in [1.54, 1.807) is 0 Å². The van der Waals surface area contributed by atoms with Crippen LogP contribution in [0.15, 0.2) is 24.3 Å². The number of nitrogens with one attached hydrogen (secondary N) is 1. The van der Waals surface area contributed by atoms with E-state index in [4.69, 9.17) is 23.8 Å². The van der Waals surface area contributed by atoms with E-state index in [2.05, 4.69) is 21.9 Å². The summed E-state index contributed by atoms with van der Waals surface area (Å²) in [5.74, 6) is 1.63. The van der Waals surface area contributed by atoms with Gasteiger partial charge in [-0.15, -0.1) is 0 Å². The van der Waals surface area contributed by atoms with Crippen molar-refractivity contribution in [1.29, 1.82) is 0 Å². The Balaban J connectivity index is 1.75. The fourth-order valence-electron chi connectivity index (χ4n) is 2.59. The summed E-state index contributed by atoms with van der Waals surface area (Å²) in [5.41, 5.74) is 0.997. The highest BCUT2D eigenvalue weighted by Gasteiger charge is 2.16. The number of aromatic nitrogens is 3. The third-order valence-corrected chi connectivity index (χ3v) is 4.58. The molecule has 0 unspecified atom stereocenters. The molecule has 0 radical (unpaired) electrons. The Morgan fingerprint density at radius 2 is 1.95 bits per heavy atom. The Kier molecular flexibility index (Phi) is 4.42. The van der Waals surface area contributed by atoms with Crippen molar-refractivity contribution in [1.82, 2.24) is 19.7 Å². The number of hydrogen-bond acceptors (Lipinski definition) is 3. The molecule has 0 aliphatic carbocycles. The van der Waals surface area contributed by atoms with Crippen molar-refractivity contribution >= 4 is 23.8 Å². The Bertz CT molecular complexity index is 653. The Morgan fingerprint density at radius 1 is 1.29 bits per heavy atom. The Morgan fingerprint density at radius 3 is 2.62 bits per heavy atom. The third kappa shape index (κ3) is 3.54. The van der Waals surface area contributed by atoms with Gasteiger partial charge in [-0.1, -0.05) is 18.5 Å². The highest BCUT2D eigenvalue weighted by Crippen LogP contribution is 2.19. The molecule has 21 heavy (non-hydrogen) atoms. The van der Waals surface area contributed by atoms with Crippen LogP contribution in [0.1, 0.15) is 19.8 Å². The second-order valence-corrected chi connectivity index (χ2v) is 6.53. The average molecular weight is 323 g/mol. The minimum Gasteiger partial charge on any atom is -0.284 e. The zero-order valence-electron chi connectivity index (χ0n) is 12.1. The first kappa shape index (κ1) is 14.8. The van der Waals surface area contributed by atoms with Crippen LogP contribution < -0.4 is 0 Å². The lowest BCUT2D eigenvalue weighted by Gasteiger charge is -2.29. The molecule has 0 atom stereocenters. The summed E-state index contributed by atoms with van der Waals surface area (Å²) in [5, 5.41) is 4.01. The number of benzene rings is 1. The normalized spacial score (nSPS) is 17.2. The molecular weight excluding hydrogens is 304 g/mol. The van der Waals surface area contributed by atoms with Crippen LogP contribution in [0.4, 0.5) is 0 Å². The van der Waals surface area contributed by atoms with Crippen molar-refractivity contribution in [2.45, 2.75) is 26.4 Å². The van der Waals surface area contributed by atoms with Crippen molar-refractivity contribution in [2.24, 2.45) is 5.92 Å². The predicted molar refractivity (Wildman–Crippen MR) is 87.8 cm³/mol. The zero-order chi connectivity index (χ0) is 14.8. The second-order valence-electron chi connectivity index (χ2n) is 5.73. The molecular formula is C15H19ClN4S. The number of H-pyrrole nitrogens is 1. The molecule has 4 nitrogen and oxygen atoms in total. The molecule has 1 aromatic heterocycles.